The minimum absolute atomic E-state index is 0.0291. The number of aromatic nitrogens is 2. The van der Waals surface area contributed by atoms with Crippen LogP contribution in [0.2, 0.25) is 0 Å². The first kappa shape index (κ1) is 23.2. The van der Waals surface area contributed by atoms with E-state index < -0.39 is 0 Å². The van der Waals surface area contributed by atoms with Gasteiger partial charge in [0.25, 0.3) is 5.91 Å². The summed E-state index contributed by atoms with van der Waals surface area (Å²) in [7, 11) is 1.65. The number of hydrogen-bond donors (Lipinski definition) is 0. The lowest BCUT2D eigenvalue weighted by molar-refractivity contribution is 0.0722. The molecule has 0 radical (unpaired) electrons. The van der Waals surface area contributed by atoms with Crippen LogP contribution in [0.25, 0.3) is 0 Å². The fraction of sp³-hybridized carbons (Fsp3) is 0.600. The summed E-state index contributed by atoms with van der Waals surface area (Å²) in [4.78, 5) is 15.5. The number of methoxy groups -OCH3 is 1. The molecule has 2 aromatic rings. The molecule has 0 saturated heterocycles. The summed E-state index contributed by atoms with van der Waals surface area (Å²) in [5, 5.41) is 4.81. The molecule has 0 atom stereocenters. The summed E-state index contributed by atoms with van der Waals surface area (Å²) in [5.41, 5.74) is 2.50. The Kier molecular flexibility index (Phi) is 7.29. The van der Waals surface area contributed by atoms with E-state index in [-0.39, 0.29) is 11.4 Å². The molecule has 1 amide bonds. The average molecular weight is 428 g/mol. The first-order valence-electron chi connectivity index (χ1n) is 11.5. The van der Waals surface area contributed by atoms with E-state index in [9.17, 15) is 4.79 Å². The van der Waals surface area contributed by atoms with Crippen LogP contribution in [0.5, 0.6) is 11.5 Å². The molecule has 1 aliphatic rings. The maximum atomic E-state index is 13.6. The van der Waals surface area contributed by atoms with Crippen molar-refractivity contribution in [1.82, 2.24) is 14.7 Å². The van der Waals surface area contributed by atoms with Crippen molar-refractivity contribution < 1.29 is 14.3 Å². The molecule has 1 heterocycles. The molecule has 1 aromatic carbocycles. The predicted octanol–water partition coefficient (Wildman–Crippen LogP) is 5.37. The second kappa shape index (κ2) is 9.75. The van der Waals surface area contributed by atoms with Gasteiger partial charge in [0, 0.05) is 19.0 Å². The van der Waals surface area contributed by atoms with Crippen molar-refractivity contribution in [2.45, 2.75) is 78.3 Å². The van der Waals surface area contributed by atoms with E-state index >= 15 is 0 Å². The van der Waals surface area contributed by atoms with Crippen LogP contribution >= 0.6 is 0 Å². The van der Waals surface area contributed by atoms with Crippen molar-refractivity contribution in [3.05, 3.63) is 41.2 Å². The lowest BCUT2D eigenvalue weighted by Crippen LogP contribution is -2.36. The van der Waals surface area contributed by atoms with Gasteiger partial charge in [-0.05, 0) is 70.2 Å². The van der Waals surface area contributed by atoms with Gasteiger partial charge in [-0.25, -0.2) is 0 Å². The van der Waals surface area contributed by atoms with Gasteiger partial charge < -0.3 is 14.4 Å². The van der Waals surface area contributed by atoms with Crippen molar-refractivity contribution in [2.75, 3.05) is 20.3 Å². The highest BCUT2D eigenvalue weighted by Gasteiger charge is 2.32. The number of ether oxygens (including phenoxy) is 2. The second-order valence-electron chi connectivity index (χ2n) is 9.37. The Morgan fingerprint density at radius 2 is 1.90 bits per heavy atom. The summed E-state index contributed by atoms with van der Waals surface area (Å²) in [5.74, 6) is 1.98. The molecule has 1 aliphatic carbocycles. The van der Waals surface area contributed by atoms with Crippen LogP contribution in [0, 0.1) is 0 Å². The highest BCUT2D eigenvalue weighted by atomic mass is 16.5. The third-order valence-electron chi connectivity index (χ3n) is 5.42. The lowest BCUT2D eigenvalue weighted by atomic mass is 10.1. The zero-order valence-electron chi connectivity index (χ0n) is 19.9. The van der Waals surface area contributed by atoms with Crippen LogP contribution in [0.1, 0.15) is 88.0 Å². The van der Waals surface area contributed by atoms with Gasteiger partial charge >= 0.3 is 0 Å². The summed E-state index contributed by atoms with van der Waals surface area (Å²) >= 11 is 0. The Morgan fingerprint density at radius 3 is 2.48 bits per heavy atom. The van der Waals surface area contributed by atoms with E-state index in [0.717, 1.165) is 29.8 Å². The fourth-order valence-electron chi connectivity index (χ4n) is 3.69. The number of hydrogen-bond acceptors (Lipinski definition) is 4. The van der Waals surface area contributed by atoms with E-state index in [1.165, 1.54) is 12.8 Å². The number of rotatable bonds is 10. The Bertz CT molecular complexity index is 894. The predicted molar refractivity (Wildman–Crippen MR) is 123 cm³/mol. The summed E-state index contributed by atoms with van der Waals surface area (Å²) < 4.78 is 13.2. The van der Waals surface area contributed by atoms with Crippen LogP contribution in [0.15, 0.2) is 24.3 Å². The molecule has 6 nitrogen and oxygen atoms in total. The van der Waals surface area contributed by atoms with Crippen LogP contribution in [0.3, 0.4) is 0 Å². The van der Waals surface area contributed by atoms with Gasteiger partial charge in [-0.3, -0.25) is 9.48 Å². The number of benzene rings is 1. The maximum Gasteiger partial charge on any atom is 0.272 e. The van der Waals surface area contributed by atoms with Crippen LogP contribution < -0.4 is 9.47 Å². The summed E-state index contributed by atoms with van der Waals surface area (Å²) in [6.45, 7) is 12.3. The van der Waals surface area contributed by atoms with Crippen molar-refractivity contribution in [3.8, 4) is 11.5 Å². The van der Waals surface area contributed by atoms with E-state index in [4.69, 9.17) is 14.6 Å². The quantitative estimate of drug-likeness (QED) is 0.512. The first-order chi connectivity index (χ1) is 14.8. The molecule has 6 heteroatoms. The third kappa shape index (κ3) is 5.60. The molecule has 0 spiro atoms. The first-order valence-corrected chi connectivity index (χ1v) is 11.5. The number of carbonyl (C=O) groups excluding carboxylic acids is 1. The molecular formula is C25H37N3O3. The van der Waals surface area contributed by atoms with Gasteiger partial charge in [-0.2, -0.15) is 5.10 Å². The van der Waals surface area contributed by atoms with Crippen molar-refractivity contribution in [1.29, 1.82) is 0 Å². The van der Waals surface area contributed by atoms with Gasteiger partial charge in [0.05, 0.1) is 24.9 Å². The van der Waals surface area contributed by atoms with E-state index in [1.54, 1.807) is 7.11 Å². The van der Waals surface area contributed by atoms with Gasteiger partial charge in [0.15, 0.2) is 11.5 Å². The van der Waals surface area contributed by atoms with Gasteiger partial charge in [-0.1, -0.05) is 19.9 Å². The average Bonchev–Trinajstić information content (AvgIpc) is 3.48. The smallest absolute Gasteiger partial charge is 0.272 e. The monoisotopic (exact) mass is 427 g/mol. The molecule has 1 saturated carbocycles. The van der Waals surface area contributed by atoms with E-state index in [1.807, 2.05) is 33.8 Å². The standard InChI is InChI=1S/C25H37N3O3/c1-7-13-27(17-18-9-12-22(31-14-8-2)23(15-18)30-6)24(29)21-16-20(19-10-11-19)26-28(21)25(3,4)5/h9,12,15-16,19H,7-8,10-11,13-14,17H2,1-6H3. The molecule has 0 unspecified atom stereocenters. The van der Waals surface area contributed by atoms with E-state index in [0.29, 0.717) is 37.1 Å². The molecule has 0 bridgehead atoms. The van der Waals surface area contributed by atoms with Crippen LogP contribution in [0.4, 0.5) is 0 Å². The van der Waals surface area contributed by atoms with Crippen LogP contribution in [-0.2, 0) is 12.1 Å². The van der Waals surface area contributed by atoms with Gasteiger partial charge in [-0.15, -0.1) is 0 Å². The zero-order valence-corrected chi connectivity index (χ0v) is 19.9. The molecule has 170 valence electrons. The Morgan fingerprint density at radius 1 is 1.16 bits per heavy atom. The maximum absolute atomic E-state index is 13.6. The Labute approximate surface area is 186 Å². The lowest BCUT2D eigenvalue weighted by Gasteiger charge is -2.26. The summed E-state index contributed by atoms with van der Waals surface area (Å²) in [6.07, 6.45) is 4.16. The van der Waals surface area contributed by atoms with Crippen LogP contribution in [-0.4, -0.2) is 40.8 Å². The minimum atomic E-state index is -0.252. The SMILES string of the molecule is CCCOc1ccc(CN(CCC)C(=O)c2cc(C3CC3)nn2C(C)(C)C)cc1OC. The normalized spacial score (nSPS) is 13.9. The largest absolute Gasteiger partial charge is 0.493 e. The second-order valence-corrected chi connectivity index (χ2v) is 9.37. The molecule has 1 aromatic heterocycles. The molecule has 3 rings (SSSR count). The summed E-state index contributed by atoms with van der Waals surface area (Å²) in [6, 6.07) is 7.93. The Hall–Kier alpha value is -2.50. The topological polar surface area (TPSA) is 56.6 Å². The number of nitrogens with zero attached hydrogens (tertiary/aromatic N) is 3. The third-order valence-corrected chi connectivity index (χ3v) is 5.42. The molecule has 0 N–H and O–H groups in total. The van der Waals surface area contributed by atoms with Crippen molar-refractivity contribution >= 4 is 5.91 Å². The van der Waals surface area contributed by atoms with Crippen molar-refractivity contribution in [2.24, 2.45) is 0 Å². The molecule has 31 heavy (non-hydrogen) atoms. The fourth-order valence-corrected chi connectivity index (χ4v) is 3.69. The Balaban J connectivity index is 1.86. The van der Waals surface area contributed by atoms with E-state index in [2.05, 4.69) is 34.6 Å². The zero-order chi connectivity index (χ0) is 22.6. The number of carbonyl (C=O) groups is 1. The molecule has 0 aliphatic heterocycles. The molecular weight excluding hydrogens is 390 g/mol. The number of amides is 1. The molecule has 1 fully saturated rings. The highest BCUT2D eigenvalue weighted by molar-refractivity contribution is 5.93. The van der Waals surface area contributed by atoms with Crippen molar-refractivity contribution in [3.63, 3.8) is 0 Å². The highest BCUT2D eigenvalue weighted by Crippen LogP contribution is 2.40. The minimum Gasteiger partial charge on any atom is -0.493 e. The van der Waals surface area contributed by atoms with Gasteiger partial charge in [0.2, 0.25) is 0 Å². The van der Waals surface area contributed by atoms with Gasteiger partial charge in [0.1, 0.15) is 5.69 Å².